The van der Waals surface area contributed by atoms with Crippen molar-refractivity contribution in [2.75, 3.05) is 40.9 Å². The maximum absolute atomic E-state index is 13.5. The molecular formula is C69H136N2O7P+. The van der Waals surface area contributed by atoms with E-state index in [1.807, 2.05) is 33.3 Å². The molecule has 0 heterocycles. The number of hydrogen-bond donors (Lipinski definition) is 2. The zero-order chi connectivity index (χ0) is 57.9. The standard InChI is InChI=1S/C69H135N2O7P/c1-7-10-13-16-19-22-25-27-29-30-31-32-33-34-35-36-37-38-39-40-42-44-47-50-53-56-59-62-69(73)78-67(60-57-54-51-48-45-24-21-18-15-12-9-3)66(65-77-79(74,75)76-64-63-71(4,5)6)70-68(72)61-58-55-52-49-46-43-41-28-26-23-20-17-14-11-8-2/h23,26,57,60,66-67H,7-22,24-25,27-56,58-59,61-65H2,1-6H3,(H-,70,72,74,75)/p+1/b26-23-,60-57-. The van der Waals surface area contributed by atoms with Crippen molar-refractivity contribution in [3.63, 3.8) is 0 Å². The summed E-state index contributed by atoms with van der Waals surface area (Å²) >= 11 is 0. The van der Waals surface area contributed by atoms with Crippen LogP contribution in [0, 0.1) is 0 Å². The maximum atomic E-state index is 13.5. The highest BCUT2D eigenvalue weighted by molar-refractivity contribution is 7.47. The van der Waals surface area contributed by atoms with Gasteiger partial charge in [-0.1, -0.05) is 309 Å². The predicted octanol–water partition coefficient (Wildman–Crippen LogP) is 21.7. The van der Waals surface area contributed by atoms with E-state index in [0.717, 1.165) is 64.2 Å². The summed E-state index contributed by atoms with van der Waals surface area (Å²) < 4.78 is 30.8. The zero-order valence-electron chi connectivity index (χ0n) is 53.6. The van der Waals surface area contributed by atoms with Crippen molar-refractivity contribution in [1.82, 2.24) is 5.32 Å². The molecule has 1 amide bonds. The molecule has 0 saturated carbocycles. The molecule has 0 bridgehead atoms. The van der Waals surface area contributed by atoms with Crippen molar-refractivity contribution < 1.29 is 37.3 Å². The number of rotatable bonds is 64. The van der Waals surface area contributed by atoms with Crippen LogP contribution in [0.1, 0.15) is 355 Å². The van der Waals surface area contributed by atoms with Gasteiger partial charge in [-0.2, -0.15) is 0 Å². The van der Waals surface area contributed by atoms with Gasteiger partial charge in [0.15, 0.2) is 0 Å². The van der Waals surface area contributed by atoms with Crippen LogP contribution in [0.5, 0.6) is 0 Å². The predicted molar refractivity (Wildman–Crippen MR) is 342 cm³/mol. The number of hydrogen-bond acceptors (Lipinski definition) is 6. The normalized spacial score (nSPS) is 13.7. The summed E-state index contributed by atoms with van der Waals surface area (Å²) in [4.78, 5) is 37.8. The molecule has 0 fully saturated rings. The van der Waals surface area contributed by atoms with Crippen LogP contribution in [-0.2, 0) is 27.9 Å². The second-order valence-electron chi connectivity index (χ2n) is 25.1. The molecule has 0 aromatic rings. The van der Waals surface area contributed by atoms with Crippen LogP contribution in [-0.4, -0.2) is 74.3 Å². The van der Waals surface area contributed by atoms with Gasteiger partial charge in [0.1, 0.15) is 19.3 Å². The third-order valence-electron chi connectivity index (χ3n) is 15.9. The molecule has 0 saturated heterocycles. The molecule has 0 aromatic heterocycles. The van der Waals surface area contributed by atoms with Crippen molar-refractivity contribution in [1.29, 1.82) is 0 Å². The van der Waals surface area contributed by atoms with E-state index in [1.54, 1.807) is 0 Å². The van der Waals surface area contributed by atoms with Gasteiger partial charge in [-0.15, -0.1) is 0 Å². The summed E-state index contributed by atoms with van der Waals surface area (Å²) in [6.07, 6.45) is 72.0. The van der Waals surface area contributed by atoms with Gasteiger partial charge in [0, 0.05) is 12.8 Å². The topological polar surface area (TPSA) is 111 Å². The Balaban J connectivity index is 4.93. The third kappa shape index (κ3) is 60.9. The fourth-order valence-corrected chi connectivity index (χ4v) is 11.3. The molecule has 0 aromatic carbocycles. The van der Waals surface area contributed by atoms with E-state index in [9.17, 15) is 19.0 Å². The van der Waals surface area contributed by atoms with Gasteiger partial charge in [-0.05, 0) is 57.4 Å². The van der Waals surface area contributed by atoms with Gasteiger partial charge in [0.05, 0.1) is 33.8 Å². The highest BCUT2D eigenvalue weighted by atomic mass is 31.2. The Bertz CT molecular complexity index is 1400. The number of amides is 1. The Kier molecular flexibility index (Phi) is 58.5. The van der Waals surface area contributed by atoms with Crippen molar-refractivity contribution in [2.24, 2.45) is 0 Å². The number of allylic oxidation sites excluding steroid dienone is 3. The number of esters is 1. The molecule has 0 spiro atoms. The molecule has 3 unspecified atom stereocenters. The van der Waals surface area contributed by atoms with Crippen LogP contribution < -0.4 is 5.32 Å². The van der Waals surface area contributed by atoms with Gasteiger partial charge in [0.25, 0.3) is 0 Å². The van der Waals surface area contributed by atoms with Crippen LogP contribution in [0.25, 0.3) is 0 Å². The molecule has 9 nitrogen and oxygen atoms in total. The average molecular weight is 1140 g/mol. The lowest BCUT2D eigenvalue weighted by atomic mass is 10.0. The van der Waals surface area contributed by atoms with Crippen LogP contribution in [0.4, 0.5) is 0 Å². The van der Waals surface area contributed by atoms with E-state index in [4.69, 9.17) is 13.8 Å². The lowest BCUT2D eigenvalue weighted by Crippen LogP contribution is -2.47. The molecule has 2 N–H and O–H groups in total. The highest BCUT2D eigenvalue weighted by Gasteiger charge is 2.30. The molecule has 0 rings (SSSR count). The van der Waals surface area contributed by atoms with E-state index in [2.05, 4.69) is 38.2 Å². The number of carbonyl (C=O) groups is 2. The first-order valence-corrected chi connectivity index (χ1v) is 36.2. The van der Waals surface area contributed by atoms with E-state index >= 15 is 0 Å². The SMILES string of the molecule is CCCCCC/C=C\CCCCCCCCCC(=O)NC(COP(=O)(O)OCC[N+](C)(C)C)C(/C=C\CCCCCCCCCCC)OC(=O)CCCCCCCCCCCCCCCCCCCCCCCCCCCCC. The van der Waals surface area contributed by atoms with Crippen LogP contribution in [0.2, 0.25) is 0 Å². The average Bonchev–Trinajstić information content (AvgIpc) is 3.41. The van der Waals surface area contributed by atoms with Crippen LogP contribution in [0.3, 0.4) is 0 Å². The third-order valence-corrected chi connectivity index (χ3v) is 16.9. The summed E-state index contributed by atoms with van der Waals surface area (Å²) in [5.74, 6) is -0.492. The van der Waals surface area contributed by atoms with E-state index in [-0.39, 0.29) is 25.1 Å². The molecule has 79 heavy (non-hydrogen) atoms. The molecule has 0 aliphatic rings. The Morgan fingerprint density at radius 2 is 0.734 bits per heavy atom. The lowest BCUT2D eigenvalue weighted by molar-refractivity contribution is -0.870. The van der Waals surface area contributed by atoms with Gasteiger partial charge < -0.3 is 19.4 Å². The van der Waals surface area contributed by atoms with Crippen molar-refractivity contribution >= 4 is 19.7 Å². The summed E-state index contributed by atoms with van der Waals surface area (Å²) in [5, 5.41) is 3.06. The summed E-state index contributed by atoms with van der Waals surface area (Å²) in [7, 11) is 1.51. The monoisotopic (exact) mass is 1140 g/mol. The number of quaternary nitrogens is 1. The van der Waals surface area contributed by atoms with Crippen LogP contribution >= 0.6 is 7.82 Å². The zero-order valence-corrected chi connectivity index (χ0v) is 54.5. The first-order chi connectivity index (χ1) is 38.4. The van der Waals surface area contributed by atoms with Crippen LogP contribution in [0.15, 0.2) is 24.3 Å². The molecule has 0 aliphatic carbocycles. The number of nitrogens with one attached hydrogen (secondary N) is 1. The minimum atomic E-state index is -4.44. The molecule has 10 heteroatoms. The molecule has 0 aliphatic heterocycles. The highest BCUT2D eigenvalue weighted by Crippen LogP contribution is 2.43. The fourth-order valence-electron chi connectivity index (χ4n) is 10.5. The Morgan fingerprint density at radius 3 is 1.09 bits per heavy atom. The number of likely N-dealkylation sites (N-methyl/N-ethyl adjacent to an activating group) is 1. The smallest absolute Gasteiger partial charge is 0.456 e. The number of nitrogens with zero attached hydrogens (tertiary/aromatic N) is 1. The number of phosphoric ester groups is 1. The van der Waals surface area contributed by atoms with Gasteiger partial charge in [-0.3, -0.25) is 18.6 Å². The first-order valence-electron chi connectivity index (χ1n) is 34.7. The second kappa shape index (κ2) is 59.6. The van der Waals surface area contributed by atoms with E-state index in [0.29, 0.717) is 23.9 Å². The van der Waals surface area contributed by atoms with Gasteiger partial charge >= 0.3 is 13.8 Å². The summed E-state index contributed by atoms with van der Waals surface area (Å²) in [6.45, 7) is 7.05. The Labute approximate surface area is 492 Å². The summed E-state index contributed by atoms with van der Waals surface area (Å²) in [6, 6.07) is -0.845. The second-order valence-corrected chi connectivity index (χ2v) is 26.5. The molecular weight excluding hydrogens is 1000 g/mol. The van der Waals surface area contributed by atoms with Crippen molar-refractivity contribution in [3.05, 3.63) is 24.3 Å². The van der Waals surface area contributed by atoms with Crippen molar-refractivity contribution in [2.45, 2.75) is 367 Å². The molecule has 0 radical (unpaired) electrons. The van der Waals surface area contributed by atoms with E-state index < -0.39 is 20.0 Å². The van der Waals surface area contributed by atoms with Gasteiger partial charge in [-0.25, -0.2) is 4.57 Å². The fraction of sp³-hybridized carbons (Fsp3) is 0.913. The van der Waals surface area contributed by atoms with Crippen molar-refractivity contribution in [3.8, 4) is 0 Å². The Morgan fingerprint density at radius 1 is 0.430 bits per heavy atom. The van der Waals surface area contributed by atoms with E-state index in [1.165, 1.54) is 257 Å². The quantitative estimate of drug-likeness (QED) is 0.0205. The van der Waals surface area contributed by atoms with Gasteiger partial charge in [0.2, 0.25) is 5.91 Å². The number of carbonyl (C=O) groups excluding carboxylic acids is 2. The summed E-state index contributed by atoms with van der Waals surface area (Å²) in [5.41, 5.74) is 0. The first kappa shape index (κ1) is 77.5. The molecule has 3 atom stereocenters. The minimum Gasteiger partial charge on any atom is -0.456 e. The number of unbranched alkanes of at least 4 members (excludes halogenated alkanes) is 46. The maximum Gasteiger partial charge on any atom is 0.472 e. The molecule has 468 valence electrons. The Hall–Kier alpha value is -1.51. The lowest BCUT2D eigenvalue weighted by Gasteiger charge is -2.27. The minimum absolute atomic E-state index is 0.0429. The largest absolute Gasteiger partial charge is 0.472 e. The number of phosphoric acid groups is 1. The number of ether oxygens (including phenoxy) is 1.